The zero-order valence-corrected chi connectivity index (χ0v) is 9.65. The van der Waals surface area contributed by atoms with Gasteiger partial charge in [0.2, 0.25) is 0 Å². The molecule has 0 radical (unpaired) electrons. The van der Waals surface area contributed by atoms with Gasteiger partial charge in [0.05, 0.1) is 17.7 Å². The second-order valence-corrected chi connectivity index (χ2v) is 4.77. The fourth-order valence-corrected chi connectivity index (χ4v) is 3.19. The first-order chi connectivity index (χ1) is 8.72. The van der Waals surface area contributed by atoms with Crippen molar-refractivity contribution < 1.29 is 9.90 Å². The summed E-state index contributed by atoms with van der Waals surface area (Å²) >= 11 is 0. The van der Waals surface area contributed by atoms with E-state index in [2.05, 4.69) is 16.3 Å². The van der Waals surface area contributed by atoms with Crippen LogP contribution in [0.3, 0.4) is 0 Å². The van der Waals surface area contributed by atoms with Gasteiger partial charge in [0.1, 0.15) is 6.07 Å². The van der Waals surface area contributed by atoms with Crippen LogP contribution in [0.5, 0.6) is 0 Å². The molecule has 3 atom stereocenters. The van der Waals surface area contributed by atoms with Gasteiger partial charge >= 0.3 is 5.97 Å². The molecule has 2 bridgehead atoms. The normalized spacial score (nSPS) is 29.3. The first-order valence-electron chi connectivity index (χ1n) is 5.95. The van der Waals surface area contributed by atoms with Crippen LogP contribution in [0.25, 0.3) is 0 Å². The van der Waals surface area contributed by atoms with E-state index in [0.29, 0.717) is 17.8 Å². The number of hydrogen-bond donors (Lipinski definition) is 1. The predicted molar refractivity (Wildman–Crippen MR) is 61.8 cm³/mol. The van der Waals surface area contributed by atoms with Gasteiger partial charge in [-0.1, -0.05) is 0 Å². The lowest BCUT2D eigenvalue weighted by Gasteiger charge is -2.24. The first kappa shape index (κ1) is 11.0. The molecular weight excluding hydrogens is 232 g/mol. The summed E-state index contributed by atoms with van der Waals surface area (Å²) in [7, 11) is 0. The van der Waals surface area contributed by atoms with Crippen LogP contribution >= 0.6 is 0 Å². The monoisotopic (exact) mass is 244 g/mol. The zero-order chi connectivity index (χ0) is 12.7. The molecule has 1 aromatic rings. The lowest BCUT2D eigenvalue weighted by Crippen LogP contribution is -2.34. The highest BCUT2D eigenvalue weighted by atomic mass is 16.4. The van der Waals surface area contributed by atoms with Crippen LogP contribution in [0, 0.1) is 17.2 Å². The molecule has 0 amide bonds. The van der Waals surface area contributed by atoms with E-state index in [1.807, 2.05) is 4.90 Å². The fraction of sp³-hybridized carbons (Fsp3) is 0.500. The van der Waals surface area contributed by atoms with Crippen LogP contribution in [0.4, 0.5) is 5.82 Å². The number of nitrogens with zero attached hydrogens (tertiary/aromatic N) is 4. The third-order valence-corrected chi connectivity index (χ3v) is 3.92. The van der Waals surface area contributed by atoms with Crippen molar-refractivity contribution in [2.24, 2.45) is 5.92 Å². The molecule has 18 heavy (non-hydrogen) atoms. The van der Waals surface area contributed by atoms with Crippen molar-refractivity contribution in [1.82, 2.24) is 10.2 Å². The Bertz CT molecular complexity index is 539. The maximum atomic E-state index is 11.2. The number of anilines is 1. The molecule has 3 rings (SSSR count). The second-order valence-electron chi connectivity index (χ2n) is 4.77. The van der Waals surface area contributed by atoms with E-state index in [1.54, 1.807) is 6.07 Å². The van der Waals surface area contributed by atoms with Crippen molar-refractivity contribution in [3.8, 4) is 6.07 Å². The van der Waals surface area contributed by atoms with Crippen LogP contribution in [0.2, 0.25) is 0 Å². The molecule has 0 aliphatic carbocycles. The molecule has 92 valence electrons. The Balaban J connectivity index is 1.99. The smallest absolute Gasteiger partial charge is 0.308 e. The molecule has 2 aliphatic rings. The molecule has 6 nitrogen and oxygen atoms in total. The van der Waals surface area contributed by atoms with Gasteiger partial charge in [-0.15, -0.1) is 5.10 Å². The first-order valence-corrected chi connectivity index (χ1v) is 5.95. The number of carbonyl (C=O) groups is 1. The molecule has 1 aromatic heterocycles. The van der Waals surface area contributed by atoms with Gasteiger partial charge in [-0.2, -0.15) is 10.4 Å². The summed E-state index contributed by atoms with van der Waals surface area (Å²) < 4.78 is 0. The molecule has 0 aromatic carbocycles. The second kappa shape index (κ2) is 3.95. The van der Waals surface area contributed by atoms with Crippen molar-refractivity contribution >= 4 is 11.8 Å². The quantitative estimate of drug-likeness (QED) is 0.827. The van der Waals surface area contributed by atoms with Crippen molar-refractivity contribution in [1.29, 1.82) is 5.26 Å². The Kier molecular flexibility index (Phi) is 2.40. The molecule has 3 unspecified atom stereocenters. The topological polar surface area (TPSA) is 90.1 Å². The van der Waals surface area contributed by atoms with Crippen LogP contribution in [0.15, 0.2) is 12.3 Å². The molecule has 6 heteroatoms. The van der Waals surface area contributed by atoms with Gasteiger partial charge < -0.3 is 10.0 Å². The number of hydrogen-bond acceptors (Lipinski definition) is 5. The number of rotatable bonds is 2. The SMILES string of the molecule is N#Cc1ccnnc1N1C2CCC1C(C(=O)O)C2. The molecule has 0 spiro atoms. The number of nitriles is 1. The third kappa shape index (κ3) is 1.44. The molecule has 2 saturated heterocycles. The summed E-state index contributed by atoms with van der Waals surface area (Å²) in [4.78, 5) is 13.2. The number of aromatic nitrogens is 2. The highest BCUT2D eigenvalue weighted by Crippen LogP contribution is 2.44. The zero-order valence-electron chi connectivity index (χ0n) is 9.65. The summed E-state index contributed by atoms with van der Waals surface area (Å²) in [5.74, 6) is -0.567. The number of carboxylic acid groups (broad SMARTS) is 1. The summed E-state index contributed by atoms with van der Waals surface area (Å²) in [6.45, 7) is 0. The summed E-state index contributed by atoms with van der Waals surface area (Å²) in [5.41, 5.74) is 0.466. The summed E-state index contributed by atoms with van der Waals surface area (Å²) in [6, 6.07) is 3.85. The van der Waals surface area contributed by atoms with Crippen LogP contribution < -0.4 is 4.90 Å². The van der Waals surface area contributed by atoms with E-state index in [9.17, 15) is 9.90 Å². The molecule has 2 aliphatic heterocycles. The number of carboxylic acids is 1. The Labute approximate surface area is 104 Å². The minimum atomic E-state index is -0.755. The average molecular weight is 244 g/mol. The van der Waals surface area contributed by atoms with Crippen molar-refractivity contribution in [2.75, 3.05) is 4.90 Å². The van der Waals surface area contributed by atoms with Gasteiger partial charge in [0.25, 0.3) is 0 Å². The van der Waals surface area contributed by atoms with Crippen LogP contribution in [0.1, 0.15) is 24.8 Å². The molecule has 1 N–H and O–H groups in total. The van der Waals surface area contributed by atoms with Gasteiger partial charge in [0.15, 0.2) is 5.82 Å². The van der Waals surface area contributed by atoms with E-state index in [1.165, 1.54) is 6.20 Å². The van der Waals surface area contributed by atoms with Crippen LogP contribution in [-0.4, -0.2) is 33.4 Å². The summed E-state index contributed by atoms with van der Waals surface area (Å²) in [6.07, 6.45) is 3.94. The van der Waals surface area contributed by atoms with Gasteiger partial charge in [0, 0.05) is 12.1 Å². The van der Waals surface area contributed by atoms with E-state index in [-0.39, 0.29) is 18.0 Å². The Morgan fingerprint density at radius 3 is 3.06 bits per heavy atom. The molecular formula is C12H12N4O2. The maximum absolute atomic E-state index is 11.2. The number of fused-ring (bicyclic) bond motifs is 2. The average Bonchev–Trinajstić information content (AvgIpc) is 2.96. The maximum Gasteiger partial charge on any atom is 0.308 e. The third-order valence-electron chi connectivity index (χ3n) is 3.92. The van der Waals surface area contributed by atoms with E-state index in [0.717, 1.165) is 12.8 Å². The van der Waals surface area contributed by atoms with Gasteiger partial charge in [-0.25, -0.2) is 0 Å². The minimum absolute atomic E-state index is 0.0451. The van der Waals surface area contributed by atoms with E-state index < -0.39 is 5.97 Å². The fourth-order valence-electron chi connectivity index (χ4n) is 3.19. The lowest BCUT2D eigenvalue weighted by molar-refractivity contribution is -0.142. The minimum Gasteiger partial charge on any atom is -0.481 e. The predicted octanol–water partition coefficient (Wildman–Crippen LogP) is 0.790. The molecule has 0 saturated carbocycles. The highest BCUT2D eigenvalue weighted by molar-refractivity contribution is 5.74. The molecule has 3 heterocycles. The Morgan fingerprint density at radius 1 is 1.56 bits per heavy atom. The number of aliphatic carboxylic acids is 1. The Morgan fingerprint density at radius 2 is 2.39 bits per heavy atom. The van der Waals surface area contributed by atoms with Crippen molar-refractivity contribution in [3.63, 3.8) is 0 Å². The standard InChI is InChI=1S/C12H12N4O2/c13-6-7-3-4-14-15-11(7)16-8-1-2-10(16)9(5-8)12(17)18/h3-4,8-10H,1-2,5H2,(H,17,18). The largest absolute Gasteiger partial charge is 0.481 e. The summed E-state index contributed by atoms with van der Waals surface area (Å²) in [5, 5.41) is 26.1. The van der Waals surface area contributed by atoms with Crippen molar-refractivity contribution in [3.05, 3.63) is 17.8 Å². The van der Waals surface area contributed by atoms with Crippen LogP contribution in [-0.2, 0) is 4.79 Å². The lowest BCUT2D eigenvalue weighted by atomic mass is 9.89. The molecule has 2 fully saturated rings. The van der Waals surface area contributed by atoms with E-state index in [4.69, 9.17) is 5.26 Å². The van der Waals surface area contributed by atoms with E-state index >= 15 is 0 Å². The highest BCUT2D eigenvalue weighted by Gasteiger charge is 2.50. The van der Waals surface area contributed by atoms with Gasteiger partial charge in [-0.3, -0.25) is 4.79 Å². The van der Waals surface area contributed by atoms with Crippen molar-refractivity contribution in [2.45, 2.75) is 31.3 Å². The Hall–Kier alpha value is -2.16. The van der Waals surface area contributed by atoms with Gasteiger partial charge in [-0.05, 0) is 25.3 Å².